The maximum Gasteiger partial charge on any atom is 0.282 e. The van der Waals surface area contributed by atoms with Crippen molar-refractivity contribution in [2.45, 2.75) is 6.43 Å². The number of H-pyrrole nitrogens is 1. The minimum absolute atomic E-state index is 0.284. The van der Waals surface area contributed by atoms with Gasteiger partial charge in [0.2, 0.25) is 0 Å². The zero-order chi connectivity index (χ0) is 7.56. The molecule has 0 saturated heterocycles. The second kappa shape index (κ2) is 2.83. The molecular formula is C5H4F2N2S. The van der Waals surface area contributed by atoms with Crippen LogP contribution >= 0.6 is 12.2 Å². The van der Waals surface area contributed by atoms with E-state index in [2.05, 4.69) is 22.4 Å². The number of aromatic amines is 1. The highest BCUT2D eigenvalue weighted by atomic mass is 32.1. The molecule has 1 aromatic heterocycles. The molecular weight excluding hydrogens is 158 g/mol. The summed E-state index contributed by atoms with van der Waals surface area (Å²) in [6.45, 7) is 0. The van der Waals surface area contributed by atoms with E-state index in [1.165, 1.54) is 12.1 Å². The van der Waals surface area contributed by atoms with Crippen molar-refractivity contribution in [3.05, 3.63) is 22.5 Å². The fraction of sp³-hybridized carbons (Fsp3) is 0.200. The van der Waals surface area contributed by atoms with Gasteiger partial charge in [0.1, 0.15) is 10.3 Å². The van der Waals surface area contributed by atoms with Gasteiger partial charge in [-0.1, -0.05) is 12.2 Å². The number of nitrogens with one attached hydrogen (secondary N) is 1. The summed E-state index contributed by atoms with van der Waals surface area (Å²) in [6.07, 6.45) is -2.54. The van der Waals surface area contributed by atoms with Gasteiger partial charge in [0.15, 0.2) is 0 Å². The van der Waals surface area contributed by atoms with Gasteiger partial charge < -0.3 is 0 Å². The van der Waals surface area contributed by atoms with Gasteiger partial charge in [0.25, 0.3) is 6.43 Å². The number of hydrogen-bond donors (Lipinski definition) is 1. The molecule has 0 unspecified atom stereocenters. The zero-order valence-corrected chi connectivity index (χ0v) is 5.66. The lowest BCUT2D eigenvalue weighted by Gasteiger charge is -1.94. The molecule has 54 valence electrons. The molecule has 10 heavy (non-hydrogen) atoms. The molecule has 0 aromatic carbocycles. The molecule has 1 rings (SSSR count). The molecule has 0 amide bonds. The smallest absolute Gasteiger partial charge is 0.267 e. The van der Waals surface area contributed by atoms with E-state index in [1.807, 2.05) is 0 Å². The van der Waals surface area contributed by atoms with Crippen molar-refractivity contribution in [3.63, 3.8) is 0 Å². The maximum absolute atomic E-state index is 11.8. The summed E-state index contributed by atoms with van der Waals surface area (Å²) < 4.78 is 23.9. The first-order valence-electron chi connectivity index (χ1n) is 2.54. The summed E-state index contributed by atoms with van der Waals surface area (Å²) in [6, 6.07) is 2.58. The molecule has 0 saturated carbocycles. The fourth-order valence-corrected chi connectivity index (χ4v) is 0.590. The van der Waals surface area contributed by atoms with E-state index < -0.39 is 6.43 Å². The molecule has 2 nitrogen and oxygen atoms in total. The molecule has 0 spiro atoms. The summed E-state index contributed by atoms with van der Waals surface area (Å²) in [5, 5.41) is 5.56. The highest BCUT2D eigenvalue weighted by Crippen LogP contribution is 2.13. The van der Waals surface area contributed by atoms with Crippen LogP contribution in [0.3, 0.4) is 0 Å². The number of aromatic nitrogens is 2. The van der Waals surface area contributed by atoms with E-state index in [0.717, 1.165) is 0 Å². The Labute approximate surface area is 60.9 Å². The Morgan fingerprint density at radius 3 is 2.60 bits per heavy atom. The molecule has 1 N–H and O–H groups in total. The Morgan fingerprint density at radius 1 is 1.50 bits per heavy atom. The van der Waals surface area contributed by atoms with Gasteiger partial charge in [-0.2, -0.15) is 5.10 Å². The van der Waals surface area contributed by atoms with Crippen LogP contribution in [0.25, 0.3) is 0 Å². The molecule has 0 atom stereocenters. The highest BCUT2D eigenvalue weighted by Gasteiger charge is 2.06. The van der Waals surface area contributed by atoms with Crippen LogP contribution in [-0.2, 0) is 0 Å². The first kappa shape index (κ1) is 7.27. The molecule has 5 heteroatoms. The van der Waals surface area contributed by atoms with Gasteiger partial charge >= 0.3 is 0 Å². The lowest BCUT2D eigenvalue weighted by molar-refractivity contribution is 0.145. The molecule has 1 heterocycles. The molecule has 0 aliphatic rings. The SMILES string of the molecule is FC(F)c1ccc(=S)[nH]n1. The third-order valence-electron chi connectivity index (χ3n) is 0.924. The number of nitrogens with zero attached hydrogens (tertiary/aromatic N) is 1. The van der Waals surface area contributed by atoms with Crippen LogP contribution in [0.2, 0.25) is 0 Å². The summed E-state index contributed by atoms with van der Waals surface area (Å²) in [5.74, 6) is 0. The third-order valence-corrected chi connectivity index (χ3v) is 1.15. The Balaban J connectivity index is 3.00. The Hall–Kier alpha value is -0.840. The minimum atomic E-state index is -2.54. The third kappa shape index (κ3) is 1.57. The number of alkyl halides is 2. The zero-order valence-electron chi connectivity index (χ0n) is 4.84. The monoisotopic (exact) mass is 162 g/mol. The van der Waals surface area contributed by atoms with Crippen molar-refractivity contribution < 1.29 is 8.78 Å². The van der Waals surface area contributed by atoms with Crippen molar-refractivity contribution in [2.24, 2.45) is 0 Å². The lowest BCUT2D eigenvalue weighted by Crippen LogP contribution is -1.91. The van der Waals surface area contributed by atoms with Crippen molar-refractivity contribution in [1.29, 1.82) is 0 Å². The normalized spacial score (nSPS) is 10.3. The molecule has 0 bridgehead atoms. The van der Waals surface area contributed by atoms with Gasteiger partial charge in [-0.25, -0.2) is 8.78 Å². The second-order valence-electron chi connectivity index (χ2n) is 1.65. The van der Waals surface area contributed by atoms with Gasteiger partial charge in [0, 0.05) is 0 Å². The summed E-state index contributed by atoms with van der Waals surface area (Å²) in [7, 11) is 0. The van der Waals surface area contributed by atoms with Crippen LogP contribution in [-0.4, -0.2) is 10.2 Å². The van der Waals surface area contributed by atoms with Crippen LogP contribution in [0.15, 0.2) is 12.1 Å². The van der Waals surface area contributed by atoms with E-state index >= 15 is 0 Å². The number of hydrogen-bond acceptors (Lipinski definition) is 2. The Morgan fingerprint density at radius 2 is 2.20 bits per heavy atom. The standard InChI is InChI=1S/C5H4F2N2S/c6-5(7)3-1-2-4(10)9-8-3/h1-2,5H,(H,9,10). The van der Waals surface area contributed by atoms with Crippen LogP contribution in [0.1, 0.15) is 12.1 Å². The van der Waals surface area contributed by atoms with Crippen LogP contribution in [0.4, 0.5) is 8.78 Å². The predicted molar refractivity (Wildman–Crippen MR) is 34.4 cm³/mol. The summed E-state index contributed by atoms with van der Waals surface area (Å²) in [5.41, 5.74) is -0.284. The quantitative estimate of drug-likeness (QED) is 0.640. The van der Waals surface area contributed by atoms with Gasteiger partial charge in [0.05, 0.1) is 0 Å². The Kier molecular flexibility index (Phi) is 2.06. The average Bonchev–Trinajstić information content (AvgIpc) is 1.88. The van der Waals surface area contributed by atoms with E-state index in [0.29, 0.717) is 4.64 Å². The maximum atomic E-state index is 11.8. The first-order chi connectivity index (χ1) is 4.70. The van der Waals surface area contributed by atoms with E-state index in [1.54, 1.807) is 0 Å². The summed E-state index contributed by atoms with van der Waals surface area (Å²) in [4.78, 5) is 0. The van der Waals surface area contributed by atoms with Gasteiger partial charge in [-0.3, -0.25) is 5.10 Å². The summed E-state index contributed by atoms with van der Waals surface area (Å²) >= 11 is 4.60. The Bertz CT molecular complexity index is 250. The second-order valence-corrected chi connectivity index (χ2v) is 2.09. The molecule has 0 aliphatic heterocycles. The number of halogens is 2. The predicted octanol–water partition coefficient (Wildman–Crippen LogP) is 2.08. The largest absolute Gasteiger partial charge is 0.282 e. The number of rotatable bonds is 1. The van der Waals surface area contributed by atoms with E-state index in [9.17, 15) is 8.78 Å². The molecule has 1 aromatic rings. The first-order valence-corrected chi connectivity index (χ1v) is 2.95. The van der Waals surface area contributed by atoms with E-state index in [4.69, 9.17) is 0 Å². The van der Waals surface area contributed by atoms with Gasteiger partial charge in [-0.05, 0) is 12.1 Å². The topological polar surface area (TPSA) is 28.7 Å². The fourth-order valence-electron chi connectivity index (χ4n) is 0.477. The molecule has 0 aliphatic carbocycles. The highest BCUT2D eigenvalue weighted by molar-refractivity contribution is 7.71. The van der Waals surface area contributed by atoms with Crippen molar-refractivity contribution in [2.75, 3.05) is 0 Å². The van der Waals surface area contributed by atoms with Crippen LogP contribution in [0.5, 0.6) is 0 Å². The van der Waals surface area contributed by atoms with Gasteiger partial charge in [-0.15, -0.1) is 0 Å². The van der Waals surface area contributed by atoms with Crippen LogP contribution < -0.4 is 0 Å². The molecule has 0 fully saturated rings. The van der Waals surface area contributed by atoms with E-state index in [-0.39, 0.29) is 5.69 Å². The van der Waals surface area contributed by atoms with Crippen molar-refractivity contribution in [3.8, 4) is 0 Å². The molecule has 0 radical (unpaired) electrons. The lowest BCUT2D eigenvalue weighted by atomic mass is 10.4. The van der Waals surface area contributed by atoms with Crippen LogP contribution in [0, 0.1) is 4.64 Å². The van der Waals surface area contributed by atoms with Crippen molar-refractivity contribution >= 4 is 12.2 Å². The minimum Gasteiger partial charge on any atom is -0.267 e. The van der Waals surface area contributed by atoms with Crippen molar-refractivity contribution in [1.82, 2.24) is 10.2 Å². The average molecular weight is 162 g/mol.